The lowest BCUT2D eigenvalue weighted by molar-refractivity contribution is 0.0242. The number of rotatable bonds is 4. The molecule has 1 aliphatic rings. The standard InChI is InChI=1S/C23H21FN4O2/c24-15-6-8-16(9-7-15)27-22-20-17(14-4-2-1-3-5-14)12-28(23(20)26-13-25-22)18-10-11-19(29)21(18)30/h1-9,12-13,18-19,21,29-30H,10-11H2,(H,25,26,27)/t18?,19-,21+/m1/s1. The molecule has 0 aliphatic heterocycles. The average molecular weight is 404 g/mol. The number of benzene rings is 2. The summed E-state index contributed by atoms with van der Waals surface area (Å²) >= 11 is 0. The fourth-order valence-corrected chi connectivity index (χ4v) is 4.18. The van der Waals surface area contributed by atoms with E-state index in [2.05, 4.69) is 15.3 Å². The zero-order valence-corrected chi connectivity index (χ0v) is 16.1. The lowest BCUT2D eigenvalue weighted by Gasteiger charge is -2.19. The number of halogens is 1. The number of aromatic nitrogens is 3. The third kappa shape index (κ3) is 3.22. The fourth-order valence-electron chi connectivity index (χ4n) is 4.18. The maximum Gasteiger partial charge on any atom is 0.146 e. The van der Waals surface area contributed by atoms with Crippen LogP contribution < -0.4 is 5.32 Å². The Balaban J connectivity index is 1.69. The maximum absolute atomic E-state index is 13.3. The number of aliphatic hydroxyl groups is 2. The van der Waals surface area contributed by atoms with Gasteiger partial charge in [0.2, 0.25) is 0 Å². The van der Waals surface area contributed by atoms with Gasteiger partial charge in [0.25, 0.3) is 0 Å². The van der Waals surface area contributed by atoms with E-state index < -0.39 is 12.2 Å². The quantitative estimate of drug-likeness (QED) is 0.478. The van der Waals surface area contributed by atoms with Gasteiger partial charge in [-0.05, 0) is 42.7 Å². The molecule has 1 aliphatic carbocycles. The smallest absolute Gasteiger partial charge is 0.146 e. The molecular weight excluding hydrogens is 383 g/mol. The van der Waals surface area contributed by atoms with Crippen molar-refractivity contribution in [1.29, 1.82) is 0 Å². The first-order valence-electron chi connectivity index (χ1n) is 9.91. The van der Waals surface area contributed by atoms with Gasteiger partial charge in [-0.25, -0.2) is 14.4 Å². The van der Waals surface area contributed by atoms with Crippen molar-refractivity contribution in [3.8, 4) is 11.1 Å². The van der Waals surface area contributed by atoms with Crippen LogP contribution in [0.25, 0.3) is 22.2 Å². The lowest BCUT2D eigenvalue weighted by Crippen LogP contribution is -2.26. The van der Waals surface area contributed by atoms with Gasteiger partial charge < -0.3 is 20.1 Å². The van der Waals surface area contributed by atoms with Crippen LogP contribution in [-0.4, -0.2) is 37.0 Å². The topological polar surface area (TPSA) is 83.2 Å². The van der Waals surface area contributed by atoms with E-state index in [1.807, 2.05) is 41.1 Å². The van der Waals surface area contributed by atoms with Gasteiger partial charge in [0.1, 0.15) is 29.7 Å². The highest BCUT2D eigenvalue weighted by atomic mass is 19.1. The average Bonchev–Trinajstić information content (AvgIpc) is 3.31. The van der Waals surface area contributed by atoms with Crippen LogP contribution in [-0.2, 0) is 0 Å². The Morgan fingerprint density at radius 3 is 2.43 bits per heavy atom. The number of hydrogen-bond acceptors (Lipinski definition) is 5. The fraction of sp³-hybridized carbons (Fsp3) is 0.217. The van der Waals surface area contributed by atoms with Gasteiger partial charge in [-0.3, -0.25) is 0 Å². The number of anilines is 2. The summed E-state index contributed by atoms with van der Waals surface area (Å²) in [6.07, 6.45) is 3.04. The molecule has 2 heterocycles. The van der Waals surface area contributed by atoms with Crippen molar-refractivity contribution in [2.75, 3.05) is 5.32 Å². The number of fused-ring (bicyclic) bond motifs is 1. The Hall–Kier alpha value is -3.29. The van der Waals surface area contributed by atoms with E-state index in [-0.39, 0.29) is 11.9 Å². The predicted molar refractivity (Wildman–Crippen MR) is 113 cm³/mol. The zero-order chi connectivity index (χ0) is 20.7. The minimum atomic E-state index is -0.854. The third-order valence-corrected chi connectivity index (χ3v) is 5.71. The van der Waals surface area contributed by atoms with Gasteiger partial charge >= 0.3 is 0 Å². The normalized spacial score (nSPS) is 21.2. The molecule has 0 amide bonds. The molecule has 0 bridgehead atoms. The molecule has 0 radical (unpaired) electrons. The molecule has 152 valence electrons. The molecule has 2 aromatic carbocycles. The van der Waals surface area contributed by atoms with Gasteiger partial charge in [0, 0.05) is 17.4 Å². The monoisotopic (exact) mass is 404 g/mol. The molecule has 3 N–H and O–H groups in total. The first-order valence-corrected chi connectivity index (χ1v) is 9.91. The molecular formula is C23H21FN4O2. The van der Waals surface area contributed by atoms with Crippen LogP contribution >= 0.6 is 0 Å². The Morgan fingerprint density at radius 1 is 0.967 bits per heavy atom. The summed E-state index contributed by atoms with van der Waals surface area (Å²) in [7, 11) is 0. The molecule has 30 heavy (non-hydrogen) atoms. The summed E-state index contributed by atoms with van der Waals surface area (Å²) in [5.74, 6) is 0.288. The molecule has 1 unspecified atom stereocenters. The van der Waals surface area contributed by atoms with Gasteiger partial charge in [-0.2, -0.15) is 0 Å². The number of nitrogens with zero attached hydrogens (tertiary/aromatic N) is 3. The zero-order valence-electron chi connectivity index (χ0n) is 16.1. The Bertz CT molecular complexity index is 1180. The summed E-state index contributed by atoms with van der Waals surface area (Å²) in [4.78, 5) is 8.95. The Labute approximate surface area is 172 Å². The summed E-state index contributed by atoms with van der Waals surface area (Å²) in [5.41, 5.74) is 3.29. The van der Waals surface area contributed by atoms with Crippen molar-refractivity contribution in [2.24, 2.45) is 0 Å². The van der Waals surface area contributed by atoms with Gasteiger partial charge in [0.15, 0.2) is 0 Å². The van der Waals surface area contributed by atoms with Gasteiger partial charge in [-0.15, -0.1) is 0 Å². The van der Waals surface area contributed by atoms with Gasteiger partial charge in [0.05, 0.1) is 17.5 Å². The second-order valence-electron chi connectivity index (χ2n) is 7.57. The summed E-state index contributed by atoms with van der Waals surface area (Å²) in [5, 5.41) is 24.6. The molecule has 4 aromatic rings. The van der Waals surface area contributed by atoms with Crippen molar-refractivity contribution in [3.05, 3.63) is 72.9 Å². The van der Waals surface area contributed by atoms with Crippen LogP contribution in [0.2, 0.25) is 0 Å². The maximum atomic E-state index is 13.3. The number of aliphatic hydroxyl groups excluding tert-OH is 2. The molecule has 7 heteroatoms. The van der Waals surface area contributed by atoms with Crippen molar-refractivity contribution in [1.82, 2.24) is 14.5 Å². The van der Waals surface area contributed by atoms with Crippen molar-refractivity contribution in [2.45, 2.75) is 31.1 Å². The van der Waals surface area contributed by atoms with Crippen molar-refractivity contribution < 1.29 is 14.6 Å². The molecule has 5 rings (SSSR count). The van der Waals surface area contributed by atoms with Crippen LogP contribution in [0.5, 0.6) is 0 Å². The van der Waals surface area contributed by atoms with E-state index in [0.717, 1.165) is 16.5 Å². The molecule has 0 saturated heterocycles. The van der Waals surface area contributed by atoms with Crippen molar-refractivity contribution >= 4 is 22.5 Å². The van der Waals surface area contributed by atoms with Crippen LogP contribution in [0.15, 0.2) is 67.1 Å². The minimum absolute atomic E-state index is 0.270. The molecule has 6 nitrogen and oxygen atoms in total. The molecule has 1 saturated carbocycles. The second kappa shape index (κ2) is 7.51. The molecule has 1 fully saturated rings. The first kappa shape index (κ1) is 18.7. The van der Waals surface area contributed by atoms with Crippen LogP contribution in [0.3, 0.4) is 0 Å². The van der Waals surface area contributed by atoms with Crippen LogP contribution in [0.1, 0.15) is 18.9 Å². The van der Waals surface area contributed by atoms with E-state index >= 15 is 0 Å². The molecule has 0 spiro atoms. The molecule has 3 atom stereocenters. The van der Waals surface area contributed by atoms with E-state index in [9.17, 15) is 14.6 Å². The number of hydrogen-bond donors (Lipinski definition) is 3. The summed E-state index contributed by atoms with van der Waals surface area (Å²) in [6.45, 7) is 0. The molecule has 2 aromatic heterocycles. The SMILES string of the molecule is O[C@@H]1CCC(n2cc(-c3ccccc3)c3c(Nc4ccc(F)cc4)ncnc32)[C@@H]1O. The van der Waals surface area contributed by atoms with Crippen molar-refractivity contribution in [3.63, 3.8) is 0 Å². The Kier molecular flexibility index (Phi) is 4.69. The highest BCUT2D eigenvalue weighted by molar-refractivity contribution is 6.02. The Morgan fingerprint density at radius 2 is 1.73 bits per heavy atom. The number of nitrogens with one attached hydrogen (secondary N) is 1. The summed E-state index contributed by atoms with van der Waals surface area (Å²) in [6, 6.07) is 15.7. The highest BCUT2D eigenvalue weighted by Crippen LogP contribution is 2.40. The van der Waals surface area contributed by atoms with E-state index in [1.165, 1.54) is 18.5 Å². The van der Waals surface area contributed by atoms with Crippen LogP contribution in [0.4, 0.5) is 15.9 Å². The minimum Gasteiger partial charge on any atom is -0.390 e. The largest absolute Gasteiger partial charge is 0.390 e. The summed E-state index contributed by atoms with van der Waals surface area (Å²) < 4.78 is 15.2. The van der Waals surface area contributed by atoms with E-state index in [4.69, 9.17) is 0 Å². The van der Waals surface area contributed by atoms with E-state index in [1.54, 1.807) is 12.1 Å². The highest BCUT2D eigenvalue weighted by Gasteiger charge is 2.36. The second-order valence-corrected chi connectivity index (χ2v) is 7.57. The van der Waals surface area contributed by atoms with E-state index in [0.29, 0.717) is 30.0 Å². The van der Waals surface area contributed by atoms with Gasteiger partial charge in [-0.1, -0.05) is 30.3 Å². The third-order valence-electron chi connectivity index (χ3n) is 5.71. The van der Waals surface area contributed by atoms with Crippen LogP contribution in [0, 0.1) is 5.82 Å². The first-order chi connectivity index (χ1) is 14.6. The predicted octanol–water partition coefficient (Wildman–Crippen LogP) is 4.04. The lowest BCUT2D eigenvalue weighted by atomic mass is 10.1.